The summed E-state index contributed by atoms with van der Waals surface area (Å²) < 4.78 is 29.0. The van der Waals surface area contributed by atoms with Gasteiger partial charge >= 0.3 is 0 Å². The zero-order chi connectivity index (χ0) is 29.4. The van der Waals surface area contributed by atoms with Crippen LogP contribution < -0.4 is 9.62 Å². The number of amides is 2. The number of halogens is 1. The molecule has 40 heavy (non-hydrogen) atoms. The molecule has 0 bridgehead atoms. The number of carbonyl (C=O) groups excluding carboxylic acids is 2. The maximum atomic E-state index is 14.2. The van der Waals surface area contributed by atoms with Gasteiger partial charge in [-0.05, 0) is 67.1 Å². The summed E-state index contributed by atoms with van der Waals surface area (Å²) >= 11 is 6.38. The van der Waals surface area contributed by atoms with Crippen molar-refractivity contribution in [3.8, 4) is 0 Å². The molecule has 0 fully saturated rings. The van der Waals surface area contributed by atoms with Gasteiger partial charge in [-0.2, -0.15) is 0 Å². The van der Waals surface area contributed by atoms with E-state index < -0.39 is 28.5 Å². The van der Waals surface area contributed by atoms with Gasteiger partial charge in [-0.3, -0.25) is 13.9 Å². The second-order valence-corrected chi connectivity index (χ2v) is 12.5. The maximum absolute atomic E-state index is 14.2. The third kappa shape index (κ3) is 7.43. The zero-order valence-corrected chi connectivity index (χ0v) is 25.3. The van der Waals surface area contributed by atoms with Gasteiger partial charge in [0.2, 0.25) is 11.8 Å². The Morgan fingerprint density at radius 3 is 2.20 bits per heavy atom. The molecule has 2 amide bonds. The Balaban J connectivity index is 2.09. The standard InChI is InChI=1S/C31H38ClN3O4S/c1-6-28(31(37)33-19-22(2)3)34(20-25-14-11-10-13-23(25)4)30(36)21-35(29-18-12-17-27(32)24(29)5)40(38,39)26-15-8-7-9-16-26/h7-18,22,28H,6,19-21H2,1-5H3,(H,33,37)/t28-/m0/s1. The molecule has 7 nitrogen and oxygen atoms in total. The number of nitrogens with zero attached hydrogens (tertiary/aromatic N) is 2. The SMILES string of the molecule is CC[C@@H](C(=O)NCC(C)C)N(Cc1ccccc1C)C(=O)CN(c1cccc(Cl)c1C)S(=O)(=O)c1ccccc1. The van der Waals surface area contributed by atoms with Gasteiger partial charge in [-0.15, -0.1) is 0 Å². The average Bonchev–Trinajstić information content (AvgIpc) is 2.93. The Labute approximate surface area is 243 Å². The van der Waals surface area contributed by atoms with Gasteiger partial charge in [0.15, 0.2) is 0 Å². The second kappa shape index (κ2) is 13.8. The Kier molecular flexibility index (Phi) is 10.8. The van der Waals surface area contributed by atoms with Crippen molar-refractivity contribution in [1.82, 2.24) is 10.2 Å². The summed E-state index contributed by atoms with van der Waals surface area (Å²) in [5.41, 5.74) is 2.68. The Bertz CT molecular complexity index is 1430. The molecule has 9 heteroatoms. The van der Waals surface area contributed by atoms with Crippen LogP contribution in [0.1, 0.15) is 43.9 Å². The van der Waals surface area contributed by atoms with Crippen molar-refractivity contribution in [2.24, 2.45) is 5.92 Å². The topological polar surface area (TPSA) is 86.8 Å². The highest BCUT2D eigenvalue weighted by atomic mass is 35.5. The van der Waals surface area contributed by atoms with Crippen LogP contribution in [0.2, 0.25) is 5.02 Å². The number of hydrogen-bond donors (Lipinski definition) is 1. The highest BCUT2D eigenvalue weighted by molar-refractivity contribution is 7.92. The molecule has 0 unspecified atom stereocenters. The zero-order valence-electron chi connectivity index (χ0n) is 23.7. The fourth-order valence-electron chi connectivity index (χ4n) is 4.41. The fraction of sp³-hybridized carbons (Fsp3) is 0.355. The lowest BCUT2D eigenvalue weighted by atomic mass is 10.1. The van der Waals surface area contributed by atoms with Crippen molar-refractivity contribution in [1.29, 1.82) is 0 Å². The monoisotopic (exact) mass is 583 g/mol. The molecule has 0 aromatic heterocycles. The molecule has 3 rings (SSSR count). The predicted octanol–water partition coefficient (Wildman–Crippen LogP) is 5.73. The van der Waals surface area contributed by atoms with Gasteiger partial charge in [0.25, 0.3) is 10.0 Å². The largest absolute Gasteiger partial charge is 0.354 e. The molecular weight excluding hydrogens is 546 g/mol. The molecule has 0 aliphatic carbocycles. The Morgan fingerprint density at radius 2 is 1.57 bits per heavy atom. The van der Waals surface area contributed by atoms with Gasteiger partial charge in [-0.1, -0.05) is 80.9 Å². The Morgan fingerprint density at radius 1 is 0.925 bits per heavy atom. The summed E-state index contributed by atoms with van der Waals surface area (Å²) in [5.74, 6) is -0.525. The summed E-state index contributed by atoms with van der Waals surface area (Å²) in [4.78, 5) is 29.0. The number of hydrogen-bond acceptors (Lipinski definition) is 4. The van der Waals surface area contributed by atoms with E-state index in [-0.39, 0.29) is 23.3 Å². The summed E-state index contributed by atoms with van der Waals surface area (Å²) in [6.07, 6.45) is 0.364. The number of rotatable bonds is 12. The van der Waals surface area contributed by atoms with Crippen molar-refractivity contribution in [3.63, 3.8) is 0 Å². The van der Waals surface area contributed by atoms with Crippen LogP contribution in [0.25, 0.3) is 0 Å². The molecule has 0 radical (unpaired) electrons. The molecule has 0 saturated carbocycles. The van der Waals surface area contributed by atoms with Gasteiger partial charge in [0.05, 0.1) is 10.6 Å². The van der Waals surface area contributed by atoms with E-state index in [1.807, 2.05) is 52.0 Å². The Hall–Kier alpha value is -3.36. The lowest BCUT2D eigenvalue weighted by molar-refractivity contribution is -0.140. The summed E-state index contributed by atoms with van der Waals surface area (Å²) in [7, 11) is -4.15. The van der Waals surface area contributed by atoms with E-state index >= 15 is 0 Å². The average molecular weight is 584 g/mol. The van der Waals surface area contributed by atoms with Crippen LogP contribution in [-0.4, -0.2) is 44.3 Å². The number of nitrogens with one attached hydrogen (secondary N) is 1. The van der Waals surface area contributed by atoms with Crippen LogP contribution in [0.15, 0.2) is 77.7 Å². The highest BCUT2D eigenvalue weighted by Crippen LogP contribution is 2.31. The number of sulfonamides is 1. The molecule has 0 spiro atoms. The molecule has 1 N–H and O–H groups in total. The van der Waals surface area contributed by atoms with Crippen LogP contribution in [0.3, 0.4) is 0 Å². The minimum absolute atomic E-state index is 0.0503. The highest BCUT2D eigenvalue weighted by Gasteiger charge is 2.34. The third-order valence-corrected chi connectivity index (χ3v) is 8.97. The van der Waals surface area contributed by atoms with Crippen molar-refractivity contribution in [2.45, 2.75) is 58.5 Å². The molecule has 214 valence electrons. The number of benzene rings is 3. The van der Waals surface area contributed by atoms with Gasteiger partial charge in [0, 0.05) is 18.1 Å². The van der Waals surface area contributed by atoms with Crippen molar-refractivity contribution >= 4 is 39.1 Å². The molecule has 3 aromatic rings. The van der Waals surface area contributed by atoms with Crippen LogP contribution in [0, 0.1) is 19.8 Å². The maximum Gasteiger partial charge on any atom is 0.264 e. The van der Waals surface area contributed by atoms with Crippen LogP contribution in [0.4, 0.5) is 5.69 Å². The van der Waals surface area contributed by atoms with Crippen LogP contribution in [-0.2, 0) is 26.2 Å². The number of carbonyl (C=O) groups is 2. The first-order valence-corrected chi connectivity index (χ1v) is 15.2. The molecule has 1 atom stereocenters. The summed E-state index contributed by atoms with van der Waals surface area (Å²) in [6, 6.07) is 19.8. The van der Waals surface area contributed by atoms with Crippen LogP contribution >= 0.6 is 11.6 Å². The first-order valence-electron chi connectivity index (χ1n) is 13.4. The van der Waals surface area contributed by atoms with Gasteiger partial charge in [0.1, 0.15) is 12.6 Å². The van der Waals surface area contributed by atoms with Crippen molar-refractivity contribution in [2.75, 3.05) is 17.4 Å². The summed E-state index contributed by atoms with van der Waals surface area (Å²) in [6.45, 7) is 9.63. The molecule has 0 heterocycles. The number of anilines is 1. The molecule has 0 aliphatic rings. The minimum atomic E-state index is -4.15. The van der Waals surface area contributed by atoms with E-state index in [4.69, 9.17) is 11.6 Å². The van der Waals surface area contributed by atoms with Crippen molar-refractivity contribution < 1.29 is 18.0 Å². The van der Waals surface area contributed by atoms with E-state index in [0.29, 0.717) is 29.2 Å². The van der Waals surface area contributed by atoms with E-state index in [2.05, 4.69) is 5.32 Å². The number of aryl methyl sites for hydroxylation is 1. The first-order chi connectivity index (χ1) is 19.0. The van der Waals surface area contributed by atoms with Gasteiger partial charge in [-0.25, -0.2) is 8.42 Å². The van der Waals surface area contributed by atoms with E-state index in [0.717, 1.165) is 15.4 Å². The molecular formula is C31H38ClN3O4S. The summed E-state index contributed by atoms with van der Waals surface area (Å²) in [5, 5.41) is 3.33. The minimum Gasteiger partial charge on any atom is -0.354 e. The van der Waals surface area contributed by atoms with E-state index in [1.54, 1.807) is 43.3 Å². The first kappa shape index (κ1) is 31.2. The molecule has 0 aliphatic heterocycles. The lowest BCUT2D eigenvalue weighted by Crippen LogP contribution is -2.52. The van der Waals surface area contributed by atoms with Gasteiger partial charge < -0.3 is 10.2 Å². The normalized spacial score (nSPS) is 12.2. The third-order valence-electron chi connectivity index (χ3n) is 6.79. The van der Waals surface area contributed by atoms with Crippen molar-refractivity contribution in [3.05, 3.63) is 94.5 Å². The molecule has 0 saturated heterocycles. The molecule has 3 aromatic carbocycles. The second-order valence-electron chi connectivity index (χ2n) is 10.2. The lowest BCUT2D eigenvalue weighted by Gasteiger charge is -2.34. The van der Waals surface area contributed by atoms with Crippen LogP contribution in [0.5, 0.6) is 0 Å². The quantitative estimate of drug-likeness (QED) is 0.295. The van der Waals surface area contributed by atoms with E-state index in [1.165, 1.54) is 17.0 Å². The fourth-order valence-corrected chi connectivity index (χ4v) is 6.07. The smallest absolute Gasteiger partial charge is 0.264 e. The predicted molar refractivity (Wildman–Crippen MR) is 161 cm³/mol. The van der Waals surface area contributed by atoms with E-state index in [9.17, 15) is 18.0 Å².